The Hall–Kier alpha value is -1.35. The Bertz CT molecular complexity index is 246. The molecule has 13 heavy (non-hydrogen) atoms. The van der Waals surface area contributed by atoms with Gasteiger partial charge in [0.15, 0.2) is 12.4 Å². The molecule has 0 aliphatic rings. The normalized spacial score (nSPS) is 12.1. The molecule has 1 rings (SSSR count). The number of carbonyl (C=O) groups is 1. The van der Waals surface area contributed by atoms with Gasteiger partial charge in [-0.15, -0.1) is 0 Å². The Labute approximate surface area is 77.3 Å². The molecule has 0 aromatic heterocycles. The summed E-state index contributed by atoms with van der Waals surface area (Å²) in [5.74, 6) is 0.646. The van der Waals surface area contributed by atoms with Gasteiger partial charge in [0.2, 0.25) is 0 Å². The molecule has 3 nitrogen and oxygen atoms in total. The van der Waals surface area contributed by atoms with E-state index in [9.17, 15) is 4.79 Å². The highest BCUT2D eigenvalue weighted by Crippen LogP contribution is 2.09. The fourth-order valence-electron chi connectivity index (χ4n) is 0.890. The first-order chi connectivity index (χ1) is 6.36. The van der Waals surface area contributed by atoms with E-state index in [1.807, 2.05) is 0 Å². The first-order valence-corrected chi connectivity index (χ1v) is 3.94. The molecule has 1 aromatic carbocycles. The van der Waals surface area contributed by atoms with Crippen molar-refractivity contribution >= 4 is 6.29 Å². The van der Waals surface area contributed by atoms with Gasteiger partial charge < -0.3 is 9.47 Å². The number of rotatable bonds is 5. The van der Waals surface area contributed by atoms with Crippen molar-refractivity contribution in [1.82, 2.24) is 0 Å². The number of benzene rings is 1. The van der Waals surface area contributed by atoms with Crippen molar-refractivity contribution in [2.45, 2.75) is 6.10 Å². The highest BCUT2D eigenvalue weighted by atomic mass is 16.5. The molecule has 69 valence electrons. The second-order valence-corrected chi connectivity index (χ2v) is 2.48. The number of aldehydes is 1. The molecule has 0 fully saturated rings. The van der Waals surface area contributed by atoms with E-state index in [0.717, 1.165) is 6.29 Å². The quantitative estimate of drug-likeness (QED) is 0.634. The van der Waals surface area contributed by atoms with Crippen molar-refractivity contribution in [1.29, 1.82) is 0 Å². The number of carbonyl (C=O) groups excluding carboxylic acids is 1. The summed E-state index contributed by atoms with van der Waals surface area (Å²) >= 11 is 0. The molecule has 1 radical (unpaired) electrons. The standard InChI is InChI=1S/C10H11O3/c1-12-8-10(7-11)13-9-5-3-2-4-6-9/h3-7,10H,8H2,1H3. The molecule has 0 saturated heterocycles. The Balaban J connectivity index is 2.51. The van der Waals surface area contributed by atoms with Crippen LogP contribution in [0.1, 0.15) is 0 Å². The second kappa shape index (κ2) is 5.32. The van der Waals surface area contributed by atoms with Crippen LogP contribution in [0.25, 0.3) is 0 Å². The number of methoxy groups -OCH3 is 1. The lowest BCUT2D eigenvalue weighted by molar-refractivity contribution is -0.115. The molecule has 0 aliphatic carbocycles. The van der Waals surface area contributed by atoms with E-state index in [4.69, 9.17) is 9.47 Å². The Morgan fingerprint density at radius 1 is 1.54 bits per heavy atom. The summed E-state index contributed by atoms with van der Waals surface area (Å²) in [5, 5.41) is 0. The van der Waals surface area contributed by atoms with Crippen molar-refractivity contribution in [3.05, 3.63) is 30.3 Å². The van der Waals surface area contributed by atoms with Gasteiger partial charge in [-0.1, -0.05) is 12.1 Å². The summed E-state index contributed by atoms with van der Waals surface area (Å²) in [7, 11) is 1.53. The fourth-order valence-corrected chi connectivity index (χ4v) is 0.890. The molecule has 0 bridgehead atoms. The van der Waals surface area contributed by atoms with Crippen LogP contribution in [0, 0.1) is 6.07 Å². The highest BCUT2D eigenvalue weighted by Gasteiger charge is 2.07. The summed E-state index contributed by atoms with van der Waals surface area (Å²) in [6.07, 6.45) is 0.188. The minimum atomic E-state index is -0.535. The number of ether oxygens (including phenoxy) is 2. The fraction of sp³-hybridized carbons (Fsp3) is 0.300. The summed E-state index contributed by atoms with van der Waals surface area (Å²) in [5.41, 5.74) is 0. The van der Waals surface area contributed by atoms with E-state index in [2.05, 4.69) is 6.07 Å². The van der Waals surface area contributed by atoms with Crippen molar-refractivity contribution in [2.24, 2.45) is 0 Å². The third-order valence-corrected chi connectivity index (χ3v) is 1.46. The maximum Gasteiger partial charge on any atom is 0.177 e. The largest absolute Gasteiger partial charge is 0.481 e. The summed E-state index contributed by atoms with van der Waals surface area (Å²) in [6, 6.07) is 9.79. The van der Waals surface area contributed by atoms with Gasteiger partial charge in [-0.05, 0) is 18.2 Å². The average molecular weight is 179 g/mol. The summed E-state index contributed by atoms with van der Waals surface area (Å²) in [6.45, 7) is 0.266. The second-order valence-electron chi connectivity index (χ2n) is 2.48. The Kier molecular flexibility index (Phi) is 3.99. The minimum Gasteiger partial charge on any atom is -0.481 e. The zero-order chi connectivity index (χ0) is 9.52. The van der Waals surface area contributed by atoms with E-state index >= 15 is 0 Å². The van der Waals surface area contributed by atoms with Gasteiger partial charge in [0.05, 0.1) is 6.61 Å². The molecule has 0 amide bonds. The van der Waals surface area contributed by atoms with Gasteiger partial charge in [-0.3, -0.25) is 4.79 Å². The van der Waals surface area contributed by atoms with Crippen LogP contribution in [0.2, 0.25) is 0 Å². The first-order valence-electron chi connectivity index (χ1n) is 3.94. The van der Waals surface area contributed by atoms with E-state index in [0.29, 0.717) is 5.75 Å². The molecule has 1 atom stereocenters. The van der Waals surface area contributed by atoms with Crippen molar-refractivity contribution in [2.75, 3.05) is 13.7 Å². The molecule has 0 heterocycles. The van der Waals surface area contributed by atoms with E-state index in [1.165, 1.54) is 7.11 Å². The lowest BCUT2D eigenvalue weighted by Crippen LogP contribution is -2.23. The lowest BCUT2D eigenvalue weighted by Gasteiger charge is -2.11. The van der Waals surface area contributed by atoms with Crippen LogP contribution in [-0.2, 0) is 9.53 Å². The first kappa shape index (κ1) is 9.74. The van der Waals surface area contributed by atoms with Gasteiger partial charge in [-0.25, -0.2) is 0 Å². The average Bonchev–Trinajstić information content (AvgIpc) is 2.19. The van der Waals surface area contributed by atoms with Crippen LogP contribution in [0.4, 0.5) is 0 Å². The molecular formula is C10H11O3. The molecule has 1 unspecified atom stereocenters. The minimum absolute atomic E-state index is 0.266. The highest BCUT2D eigenvalue weighted by molar-refractivity contribution is 5.57. The topological polar surface area (TPSA) is 35.5 Å². The maximum atomic E-state index is 10.5. The predicted octanol–water partition coefficient (Wildman–Crippen LogP) is 1.08. The Morgan fingerprint density at radius 2 is 2.23 bits per heavy atom. The molecular weight excluding hydrogens is 168 g/mol. The van der Waals surface area contributed by atoms with Crippen LogP contribution in [0.3, 0.4) is 0 Å². The maximum absolute atomic E-state index is 10.5. The van der Waals surface area contributed by atoms with Crippen LogP contribution in [0.5, 0.6) is 5.75 Å². The van der Waals surface area contributed by atoms with E-state index in [1.54, 1.807) is 24.3 Å². The number of hydrogen-bond donors (Lipinski definition) is 0. The SMILES string of the molecule is COCC(C=O)Oc1cc[c]cc1. The molecule has 0 spiro atoms. The molecule has 0 saturated carbocycles. The summed E-state index contributed by atoms with van der Waals surface area (Å²) < 4.78 is 10.1. The van der Waals surface area contributed by atoms with E-state index < -0.39 is 6.10 Å². The van der Waals surface area contributed by atoms with Gasteiger partial charge in [0.1, 0.15) is 5.75 Å². The lowest BCUT2D eigenvalue weighted by atomic mass is 10.3. The smallest absolute Gasteiger partial charge is 0.177 e. The zero-order valence-electron chi connectivity index (χ0n) is 7.40. The van der Waals surface area contributed by atoms with Crippen molar-refractivity contribution in [3.63, 3.8) is 0 Å². The number of hydrogen-bond acceptors (Lipinski definition) is 3. The Morgan fingerprint density at radius 3 is 2.77 bits per heavy atom. The predicted molar refractivity (Wildman–Crippen MR) is 47.6 cm³/mol. The molecule has 3 heteroatoms. The van der Waals surface area contributed by atoms with Crippen molar-refractivity contribution in [3.8, 4) is 5.75 Å². The van der Waals surface area contributed by atoms with Gasteiger partial charge in [-0.2, -0.15) is 0 Å². The molecule has 1 aromatic rings. The molecule has 0 N–H and O–H groups in total. The van der Waals surface area contributed by atoms with Crippen LogP contribution >= 0.6 is 0 Å². The summed E-state index contributed by atoms with van der Waals surface area (Å²) in [4.78, 5) is 10.5. The van der Waals surface area contributed by atoms with Gasteiger partial charge in [0, 0.05) is 7.11 Å². The van der Waals surface area contributed by atoms with Crippen LogP contribution < -0.4 is 4.74 Å². The van der Waals surface area contributed by atoms with Crippen LogP contribution in [0.15, 0.2) is 24.3 Å². The van der Waals surface area contributed by atoms with Crippen LogP contribution in [-0.4, -0.2) is 26.1 Å². The zero-order valence-corrected chi connectivity index (χ0v) is 7.40. The third-order valence-electron chi connectivity index (χ3n) is 1.46. The van der Waals surface area contributed by atoms with Gasteiger partial charge in [0.25, 0.3) is 0 Å². The van der Waals surface area contributed by atoms with Crippen molar-refractivity contribution < 1.29 is 14.3 Å². The monoisotopic (exact) mass is 179 g/mol. The third kappa shape index (κ3) is 3.25. The van der Waals surface area contributed by atoms with E-state index in [-0.39, 0.29) is 6.61 Å². The molecule has 0 aliphatic heterocycles. The van der Waals surface area contributed by atoms with Gasteiger partial charge >= 0.3 is 0 Å².